The quantitative estimate of drug-likeness (QED) is 0.822. The molecule has 0 spiro atoms. The van der Waals surface area contributed by atoms with Gasteiger partial charge in [0.15, 0.2) is 5.76 Å². The summed E-state index contributed by atoms with van der Waals surface area (Å²) in [5, 5.41) is 17.2. The van der Waals surface area contributed by atoms with Crippen LogP contribution in [0, 0.1) is 12.8 Å². The summed E-state index contributed by atoms with van der Waals surface area (Å²) >= 11 is 0. The molecule has 21 heavy (non-hydrogen) atoms. The molecule has 0 aliphatic carbocycles. The van der Waals surface area contributed by atoms with E-state index in [0.29, 0.717) is 19.0 Å². The van der Waals surface area contributed by atoms with Crippen LogP contribution in [0.2, 0.25) is 0 Å². The molecule has 0 saturated heterocycles. The Morgan fingerprint density at radius 2 is 1.95 bits per heavy atom. The summed E-state index contributed by atoms with van der Waals surface area (Å²) in [7, 11) is 0. The minimum atomic E-state index is -0.512. The van der Waals surface area contributed by atoms with Gasteiger partial charge in [-0.25, -0.2) is 0 Å². The van der Waals surface area contributed by atoms with Crippen molar-refractivity contribution in [1.82, 2.24) is 10.5 Å². The minimum Gasteiger partial charge on any atom is -0.387 e. The maximum atomic E-state index is 10.2. The Bertz CT molecular complexity index is 546. The fourth-order valence-corrected chi connectivity index (χ4v) is 2.30. The van der Waals surface area contributed by atoms with Gasteiger partial charge in [0, 0.05) is 12.6 Å². The van der Waals surface area contributed by atoms with Crippen molar-refractivity contribution in [1.29, 1.82) is 0 Å². The van der Waals surface area contributed by atoms with Crippen LogP contribution in [0.3, 0.4) is 0 Å². The summed E-state index contributed by atoms with van der Waals surface area (Å²) in [4.78, 5) is 0. The van der Waals surface area contributed by atoms with E-state index in [4.69, 9.17) is 4.52 Å². The molecule has 0 fully saturated rings. The van der Waals surface area contributed by atoms with E-state index < -0.39 is 6.10 Å². The number of aromatic nitrogens is 1. The van der Waals surface area contributed by atoms with Gasteiger partial charge in [-0.15, -0.1) is 0 Å². The first-order valence-electron chi connectivity index (χ1n) is 7.44. The van der Waals surface area contributed by atoms with Crippen molar-refractivity contribution in [3.8, 4) is 0 Å². The second-order valence-corrected chi connectivity index (χ2v) is 5.92. The Morgan fingerprint density at radius 3 is 2.52 bits per heavy atom. The molecule has 4 heteroatoms. The summed E-state index contributed by atoms with van der Waals surface area (Å²) in [6, 6.07) is 10.1. The Labute approximate surface area is 126 Å². The number of aryl methyl sites for hydroxylation is 1. The average molecular weight is 288 g/mol. The molecule has 4 nitrogen and oxygen atoms in total. The molecule has 1 unspecified atom stereocenters. The lowest BCUT2D eigenvalue weighted by molar-refractivity contribution is 0.173. The summed E-state index contributed by atoms with van der Waals surface area (Å²) in [5.41, 5.74) is 3.11. The molecule has 2 rings (SSSR count). The predicted molar refractivity (Wildman–Crippen MR) is 82.9 cm³/mol. The third kappa shape index (κ3) is 4.99. The SMILES string of the molecule is Cc1cc(CNCC(O)c2ccc(CC(C)C)cc2)on1. The third-order valence-corrected chi connectivity index (χ3v) is 3.32. The van der Waals surface area contributed by atoms with Crippen molar-refractivity contribution in [3.63, 3.8) is 0 Å². The molecule has 1 heterocycles. The van der Waals surface area contributed by atoms with Gasteiger partial charge < -0.3 is 14.9 Å². The van der Waals surface area contributed by atoms with E-state index in [-0.39, 0.29) is 0 Å². The highest BCUT2D eigenvalue weighted by molar-refractivity contribution is 5.24. The van der Waals surface area contributed by atoms with Crippen molar-refractivity contribution < 1.29 is 9.63 Å². The van der Waals surface area contributed by atoms with Crippen molar-refractivity contribution >= 4 is 0 Å². The molecule has 2 aromatic rings. The maximum absolute atomic E-state index is 10.2. The molecule has 0 saturated carbocycles. The van der Waals surface area contributed by atoms with Gasteiger partial charge in [-0.3, -0.25) is 0 Å². The van der Waals surface area contributed by atoms with Gasteiger partial charge in [-0.2, -0.15) is 0 Å². The molecule has 0 radical (unpaired) electrons. The molecule has 0 aliphatic rings. The van der Waals surface area contributed by atoms with Crippen LogP contribution in [0.25, 0.3) is 0 Å². The van der Waals surface area contributed by atoms with Gasteiger partial charge in [0.25, 0.3) is 0 Å². The lowest BCUT2D eigenvalue weighted by Gasteiger charge is -2.12. The van der Waals surface area contributed by atoms with Gasteiger partial charge >= 0.3 is 0 Å². The van der Waals surface area contributed by atoms with E-state index in [2.05, 4.69) is 36.5 Å². The molecule has 0 amide bonds. The molecular formula is C17H24N2O2. The first-order valence-corrected chi connectivity index (χ1v) is 7.44. The largest absolute Gasteiger partial charge is 0.387 e. The number of hydrogen-bond acceptors (Lipinski definition) is 4. The zero-order valence-electron chi connectivity index (χ0n) is 13.0. The summed E-state index contributed by atoms with van der Waals surface area (Å²) in [6.07, 6.45) is 0.557. The van der Waals surface area contributed by atoms with E-state index in [1.165, 1.54) is 5.56 Å². The standard InChI is InChI=1S/C17H24N2O2/c1-12(2)8-14-4-6-15(7-5-14)17(20)11-18-10-16-9-13(3)19-21-16/h4-7,9,12,17-18,20H,8,10-11H2,1-3H3. The topological polar surface area (TPSA) is 58.3 Å². The Morgan fingerprint density at radius 1 is 1.24 bits per heavy atom. The van der Waals surface area contributed by atoms with Crippen LogP contribution < -0.4 is 5.32 Å². The van der Waals surface area contributed by atoms with Crippen LogP contribution in [-0.2, 0) is 13.0 Å². The van der Waals surface area contributed by atoms with Crippen LogP contribution in [0.1, 0.15) is 42.5 Å². The molecule has 0 aliphatic heterocycles. The van der Waals surface area contributed by atoms with Gasteiger partial charge in [-0.1, -0.05) is 43.3 Å². The van der Waals surface area contributed by atoms with Gasteiger partial charge in [0.1, 0.15) is 0 Å². The zero-order valence-corrected chi connectivity index (χ0v) is 13.0. The molecule has 1 aromatic carbocycles. The summed E-state index contributed by atoms with van der Waals surface area (Å²) in [6.45, 7) is 7.36. The normalized spacial score (nSPS) is 12.8. The third-order valence-electron chi connectivity index (χ3n) is 3.32. The Hall–Kier alpha value is -1.65. The van der Waals surface area contributed by atoms with E-state index in [0.717, 1.165) is 23.4 Å². The highest BCUT2D eigenvalue weighted by Crippen LogP contribution is 2.15. The lowest BCUT2D eigenvalue weighted by Crippen LogP contribution is -2.20. The maximum Gasteiger partial charge on any atom is 0.150 e. The van der Waals surface area contributed by atoms with E-state index in [1.54, 1.807) is 0 Å². The fraction of sp³-hybridized carbons (Fsp3) is 0.471. The Kier molecular flexibility index (Phi) is 5.53. The molecule has 1 atom stereocenters. The van der Waals surface area contributed by atoms with Gasteiger partial charge in [0.05, 0.1) is 18.3 Å². The van der Waals surface area contributed by atoms with E-state index in [9.17, 15) is 5.11 Å². The Balaban J connectivity index is 1.81. The van der Waals surface area contributed by atoms with Crippen molar-refractivity contribution in [2.45, 2.75) is 39.8 Å². The summed E-state index contributed by atoms with van der Waals surface area (Å²) < 4.78 is 5.11. The minimum absolute atomic E-state index is 0.489. The van der Waals surface area contributed by atoms with Crippen molar-refractivity contribution in [3.05, 3.63) is 52.9 Å². The smallest absolute Gasteiger partial charge is 0.150 e. The highest BCUT2D eigenvalue weighted by Gasteiger charge is 2.08. The number of hydrogen-bond donors (Lipinski definition) is 2. The molecule has 0 bridgehead atoms. The monoisotopic (exact) mass is 288 g/mol. The highest BCUT2D eigenvalue weighted by atomic mass is 16.5. The number of aliphatic hydroxyl groups excluding tert-OH is 1. The number of nitrogens with zero attached hydrogens (tertiary/aromatic N) is 1. The molecule has 2 N–H and O–H groups in total. The van der Waals surface area contributed by atoms with Crippen LogP contribution in [0.4, 0.5) is 0 Å². The van der Waals surface area contributed by atoms with Crippen LogP contribution in [0.15, 0.2) is 34.9 Å². The van der Waals surface area contributed by atoms with E-state index >= 15 is 0 Å². The van der Waals surface area contributed by atoms with E-state index in [1.807, 2.05) is 25.1 Å². The first-order chi connectivity index (χ1) is 10.0. The number of benzene rings is 1. The van der Waals surface area contributed by atoms with Gasteiger partial charge in [-0.05, 0) is 30.4 Å². The number of rotatable bonds is 7. The molecule has 1 aromatic heterocycles. The summed E-state index contributed by atoms with van der Waals surface area (Å²) in [5.74, 6) is 1.43. The molecule has 114 valence electrons. The zero-order chi connectivity index (χ0) is 15.2. The predicted octanol–water partition coefficient (Wildman–Crippen LogP) is 3.00. The van der Waals surface area contributed by atoms with Crippen molar-refractivity contribution in [2.24, 2.45) is 5.92 Å². The lowest BCUT2D eigenvalue weighted by atomic mass is 10.0. The second-order valence-electron chi connectivity index (χ2n) is 5.92. The second kappa shape index (κ2) is 7.38. The van der Waals surface area contributed by atoms with Gasteiger partial charge in [0.2, 0.25) is 0 Å². The fourth-order valence-electron chi connectivity index (χ4n) is 2.30. The van der Waals surface area contributed by atoms with Crippen LogP contribution >= 0.6 is 0 Å². The van der Waals surface area contributed by atoms with Crippen LogP contribution in [-0.4, -0.2) is 16.8 Å². The van der Waals surface area contributed by atoms with Crippen LogP contribution in [0.5, 0.6) is 0 Å². The average Bonchev–Trinajstić information content (AvgIpc) is 2.84. The number of aliphatic hydroxyl groups is 1. The first kappa shape index (κ1) is 15.7. The molecular weight excluding hydrogens is 264 g/mol. The van der Waals surface area contributed by atoms with Crippen molar-refractivity contribution in [2.75, 3.05) is 6.54 Å². The number of nitrogens with one attached hydrogen (secondary N) is 1.